The maximum Gasteiger partial charge on any atom is 0.115 e. The molecule has 19 heavy (non-hydrogen) atoms. The first-order valence-corrected chi connectivity index (χ1v) is 7.03. The second kappa shape index (κ2) is 6.78. The quantitative estimate of drug-likeness (QED) is 0.881. The zero-order chi connectivity index (χ0) is 13.7. The molecule has 0 amide bonds. The van der Waals surface area contributed by atoms with Crippen molar-refractivity contribution in [1.29, 1.82) is 0 Å². The Balaban J connectivity index is 1.74. The van der Waals surface area contributed by atoms with Gasteiger partial charge in [-0.05, 0) is 38.1 Å². The summed E-state index contributed by atoms with van der Waals surface area (Å²) in [7, 11) is 0. The van der Waals surface area contributed by atoms with Gasteiger partial charge in [0.25, 0.3) is 0 Å². The van der Waals surface area contributed by atoms with Crippen LogP contribution >= 0.6 is 0 Å². The molecule has 1 N–H and O–H groups in total. The molecule has 0 radical (unpaired) electrons. The normalized spacial score (nSPS) is 17.1. The van der Waals surface area contributed by atoms with Gasteiger partial charge >= 0.3 is 0 Å². The Morgan fingerprint density at radius 3 is 2.32 bits per heavy atom. The van der Waals surface area contributed by atoms with Gasteiger partial charge in [0.2, 0.25) is 0 Å². The summed E-state index contributed by atoms with van der Waals surface area (Å²) in [6.07, 6.45) is 0.318. The van der Waals surface area contributed by atoms with Gasteiger partial charge in [-0.15, -0.1) is 0 Å². The van der Waals surface area contributed by atoms with E-state index in [0.29, 0.717) is 11.9 Å². The van der Waals surface area contributed by atoms with Gasteiger partial charge in [0.15, 0.2) is 0 Å². The van der Waals surface area contributed by atoms with E-state index in [0.717, 1.165) is 39.3 Å². The second-order valence-corrected chi connectivity index (χ2v) is 5.26. The highest BCUT2D eigenvalue weighted by atomic mass is 16.5. The van der Waals surface area contributed by atoms with Crippen LogP contribution in [0.25, 0.3) is 0 Å². The molecule has 0 aliphatic carbocycles. The molecule has 0 bridgehead atoms. The monoisotopic (exact) mass is 264 g/mol. The molecule has 0 atom stereocenters. The van der Waals surface area contributed by atoms with Crippen molar-refractivity contribution in [2.24, 2.45) is 0 Å². The Labute approximate surface area is 115 Å². The number of nitrogens with zero attached hydrogens (tertiary/aromatic N) is 2. The summed E-state index contributed by atoms with van der Waals surface area (Å²) in [5, 5.41) is 9.30. The average molecular weight is 264 g/mol. The predicted octanol–water partition coefficient (Wildman–Crippen LogP) is 1.94. The van der Waals surface area contributed by atoms with Crippen molar-refractivity contribution in [1.82, 2.24) is 4.90 Å². The summed E-state index contributed by atoms with van der Waals surface area (Å²) >= 11 is 0. The molecule has 1 aliphatic heterocycles. The van der Waals surface area contributed by atoms with E-state index in [2.05, 4.69) is 23.6 Å². The van der Waals surface area contributed by atoms with Gasteiger partial charge < -0.3 is 14.7 Å². The molecule has 0 spiro atoms. The smallest absolute Gasteiger partial charge is 0.115 e. The Kier molecular flexibility index (Phi) is 5.05. The molecule has 2 rings (SSSR count). The topological polar surface area (TPSA) is 35.9 Å². The fourth-order valence-corrected chi connectivity index (χ4v) is 2.31. The van der Waals surface area contributed by atoms with Crippen molar-refractivity contribution in [3.05, 3.63) is 24.3 Å². The van der Waals surface area contributed by atoms with E-state index in [4.69, 9.17) is 4.74 Å². The first kappa shape index (κ1) is 14.2. The van der Waals surface area contributed by atoms with Crippen LogP contribution < -0.4 is 4.90 Å². The SMILES string of the molecule is CC(C)OCCN1CCN(c2ccc(O)cc2)CC1. The van der Waals surface area contributed by atoms with E-state index < -0.39 is 0 Å². The number of phenolic OH excluding ortho intramolecular Hbond substituents is 1. The van der Waals surface area contributed by atoms with E-state index >= 15 is 0 Å². The van der Waals surface area contributed by atoms with Gasteiger partial charge in [-0.25, -0.2) is 0 Å². The Morgan fingerprint density at radius 2 is 1.74 bits per heavy atom. The van der Waals surface area contributed by atoms with E-state index in [1.807, 2.05) is 12.1 Å². The van der Waals surface area contributed by atoms with E-state index in [9.17, 15) is 5.11 Å². The maximum absolute atomic E-state index is 9.30. The molecular weight excluding hydrogens is 240 g/mol. The zero-order valence-electron chi connectivity index (χ0n) is 11.9. The molecule has 0 aromatic heterocycles. The van der Waals surface area contributed by atoms with Crippen molar-refractivity contribution >= 4 is 5.69 Å². The van der Waals surface area contributed by atoms with E-state index in [1.54, 1.807) is 12.1 Å². The second-order valence-electron chi connectivity index (χ2n) is 5.26. The van der Waals surface area contributed by atoms with Crippen LogP contribution in [0.15, 0.2) is 24.3 Å². The van der Waals surface area contributed by atoms with Gasteiger partial charge in [-0.1, -0.05) is 0 Å². The summed E-state index contributed by atoms with van der Waals surface area (Å²) in [5.41, 5.74) is 1.19. The molecule has 1 aliphatic rings. The molecule has 1 heterocycles. The third-order valence-corrected chi connectivity index (χ3v) is 3.45. The maximum atomic E-state index is 9.30. The lowest BCUT2D eigenvalue weighted by Gasteiger charge is -2.36. The predicted molar refractivity (Wildman–Crippen MR) is 77.8 cm³/mol. The number of piperazine rings is 1. The highest BCUT2D eigenvalue weighted by molar-refractivity contribution is 5.49. The third kappa shape index (κ3) is 4.40. The fourth-order valence-electron chi connectivity index (χ4n) is 2.31. The Hall–Kier alpha value is -1.26. The van der Waals surface area contributed by atoms with Crippen LogP contribution in [0.5, 0.6) is 5.75 Å². The van der Waals surface area contributed by atoms with Gasteiger partial charge in [0.1, 0.15) is 5.75 Å². The molecule has 1 saturated heterocycles. The molecule has 4 nitrogen and oxygen atoms in total. The van der Waals surface area contributed by atoms with Crippen molar-refractivity contribution in [2.75, 3.05) is 44.2 Å². The van der Waals surface area contributed by atoms with Gasteiger partial charge in [-0.3, -0.25) is 4.90 Å². The van der Waals surface area contributed by atoms with Crippen molar-refractivity contribution in [3.8, 4) is 5.75 Å². The highest BCUT2D eigenvalue weighted by Gasteiger charge is 2.16. The fraction of sp³-hybridized carbons (Fsp3) is 0.600. The molecule has 0 unspecified atom stereocenters. The van der Waals surface area contributed by atoms with Crippen molar-refractivity contribution in [3.63, 3.8) is 0 Å². The first-order valence-electron chi connectivity index (χ1n) is 7.03. The number of rotatable bonds is 5. The number of aromatic hydroxyl groups is 1. The van der Waals surface area contributed by atoms with Gasteiger partial charge in [0.05, 0.1) is 12.7 Å². The molecule has 1 fully saturated rings. The Bertz CT molecular complexity index is 370. The molecule has 4 heteroatoms. The molecule has 0 saturated carbocycles. The summed E-state index contributed by atoms with van der Waals surface area (Å²) in [6.45, 7) is 10.2. The van der Waals surface area contributed by atoms with Crippen LogP contribution in [0.2, 0.25) is 0 Å². The van der Waals surface area contributed by atoms with E-state index in [-0.39, 0.29) is 0 Å². The van der Waals surface area contributed by atoms with Crippen LogP contribution in [-0.4, -0.2) is 55.4 Å². The summed E-state index contributed by atoms with van der Waals surface area (Å²) in [5.74, 6) is 0.327. The summed E-state index contributed by atoms with van der Waals surface area (Å²) in [4.78, 5) is 4.80. The molecular formula is C15H24N2O2. The lowest BCUT2D eigenvalue weighted by molar-refractivity contribution is 0.0579. The lowest BCUT2D eigenvalue weighted by atomic mass is 10.2. The lowest BCUT2D eigenvalue weighted by Crippen LogP contribution is -2.47. The summed E-state index contributed by atoms with van der Waals surface area (Å²) < 4.78 is 5.59. The first-order chi connectivity index (χ1) is 9.15. The van der Waals surface area contributed by atoms with Gasteiger partial charge in [0, 0.05) is 38.4 Å². The third-order valence-electron chi connectivity index (χ3n) is 3.45. The minimum absolute atomic E-state index is 0.318. The molecule has 1 aromatic carbocycles. The Morgan fingerprint density at radius 1 is 1.11 bits per heavy atom. The minimum Gasteiger partial charge on any atom is -0.508 e. The van der Waals surface area contributed by atoms with Crippen LogP contribution in [0.4, 0.5) is 5.69 Å². The van der Waals surface area contributed by atoms with Crippen LogP contribution in [-0.2, 0) is 4.74 Å². The van der Waals surface area contributed by atoms with Crippen LogP contribution in [0.3, 0.4) is 0 Å². The average Bonchev–Trinajstić information content (AvgIpc) is 2.40. The summed E-state index contributed by atoms with van der Waals surface area (Å²) in [6, 6.07) is 7.45. The number of phenols is 1. The highest BCUT2D eigenvalue weighted by Crippen LogP contribution is 2.19. The number of hydrogen-bond acceptors (Lipinski definition) is 4. The number of hydrogen-bond donors (Lipinski definition) is 1. The van der Waals surface area contributed by atoms with Crippen LogP contribution in [0.1, 0.15) is 13.8 Å². The van der Waals surface area contributed by atoms with E-state index in [1.165, 1.54) is 5.69 Å². The zero-order valence-corrected chi connectivity index (χ0v) is 11.9. The standard InChI is InChI=1S/C15H24N2O2/c1-13(2)19-12-11-16-7-9-17(10-8-16)14-3-5-15(18)6-4-14/h3-6,13,18H,7-12H2,1-2H3. The van der Waals surface area contributed by atoms with Gasteiger partial charge in [-0.2, -0.15) is 0 Å². The minimum atomic E-state index is 0.318. The van der Waals surface area contributed by atoms with Crippen LogP contribution in [0, 0.1) is 0 Å². The molecule has 106 valence electrons. The number of ether oxygens (including phenoxy) is 1. The van der Waals surface area contributed by atoms with Crippen molar-refractivity contribution < 1.29 is 9.84 Å². The van der Waals surface area contributed by atoms with Crippen molar-refractivity contribution in [2.45, 2.75) is 20.0 Å². The number of anilines is 1. The molecule has 1 aromatic rings. The largest absolute Gasteiger partial charge is 0.508 e. The number of benzene rings is 1.